The van der Waals surface area contributed by atoms with Crippen molar-refractivity contribution < 1.29 is 26.7 Å². The SMILES string of the molecule is CC(C)[C@@H](CO)[N+]1=Cc2ccccc2CC1.[Br-]. The molecule has 1 aromatic carbocycles. The zero-order chi connectivity index (χ0) is 11.5. The highest BCUT2D eigenvalue weighted by molar-refractivity contribution is 5.78. The third-order valence-electron chi connectivity index (χ3n) is 3.38. The number of hydrogen-bond acceptors (Lipinski definition) is 1. The van der Waals surface area contributed by atoms with Crippen LogP contribution >= 0.6 is 0 Å². The van der Waals surface area contributed by atoms with Crippen LogP contribution in [-0.2, 0) is 6.42 Å². The van der Waals surface area contributed by atoms with Crippen LogP contribution in [0.1, 0.15) is 25.0 Å². The summed E-state index contributed by atoms with van der Waals surface area (Å²) in [5.74, 6) is 0.478. The smallest absolute Gasteiger partial charge is 0.177 e. The predicted octanol–water partition coefficient (Wildman–Crippen LogP) is -1.30. The van der Waals surface area contributed by atoms with Crippen LogP contribution in [-0.4, -0.2) is 35.1 Å². The third-order valence-corrected chi connectivity index (χ3v) is 3.38. The molecule has 2 rings (SSSR count). The Labute approximate surface area is 114 Å². The van der Waals surface area contributed by atoms with Gasteiger partial charge in [0.2, 0.25) is 0 Å². The minimum Gasteiger partial charge on any atom is -1.00 e. The molecule has 0 bridgehead atoms. The number of rotatable bonds is 3. The molecule has 2 nitrogen and oxygen atoms in total. The Morgan fingerprint density at radius 3 is 2.65 bits per heavy atom. The topological polar surface area (TPSA) is 23.2 Å². The Morgan fingerprint density at radius 1 is 1.29 bits per heavy atom. The van der Waals surface area contributed by atoms with Crippen LogP contribution in [0.4, 0.5) is 0 Å². The number of nitrogens with zero attached hydrogens (tertiary/aromatic N) is 1. The van der Waals surface area contributed by atoms with E-state index < -0.39 is 0 Å². The fourth-order valence-corrected chi connectivity index (χ4v) is 2.34. The number of aliphatic hydroxyl groups excluding tert-OH is 1. The Bertz CT molecular complexity index is 401. The van der Waals surface area contributed by atoms with Crippen LogP contribution in [0.15, 0.2) is 24.3 Å². The Kier molecular flexibility index (Phi) is 5.34. The first-order valence-electron chi connectivity index (χ1n) is 6.01. The van der Waals surface area contributed by atoms with Crippen molar-refractivity contribution in [3.63, 3.8) is 0 Å². The van der Waals surface area contributed by atoms with Crippen molar-refractivity contribution in [2.75, 3.05) is 13.2 Å². The van der Waals surface area contributed by atoms with Gasteiger partial charge in [0, 0.05) is 17.9 Å². The summed E-state index contributed by atoms with van der Waals surface area (Å²) in [4.78, 5) is 0. The lowest BCUT2D eigenvalue weighted by molar-refractivity contribution is -0.572. The standard InChI is InChI=1S/C14H20NO.BrH/c1-11(2)14(10-16)15-8-7-12-5-3-4-6-13(12)9-15;/h3-6,9,11,14,16H,7-8,10H2,1-2H3;1H/q+1;/p-1/t14-;/m1./s1. The quantitative estimate of drug-likeness (QED) is 0.689. The lowest BCUT2D eigenvalue weighted by Crippen LogP contribution is -3.00. The maximum Gasteiger partial charge on any atom is 0.177 e. The van der Waals surface area contributed by atoms with E-state index in [9.17, 15) is 5.11 Å². The van der Waals surface area contributed by atoms with Crippen molar-refractivity contribution in [3.8, 4) is 0 Å². The summed E-state index contributed by atoms with van der Waals surface area (Å²) < 4.78 is 2.28. The fourth-order valence-electron chi connectivity index (χ4n) is 2.34. The third kappa shape index (κ3) is 3.17. The first-order chi connectivity index (χ1) is 7.72. The van der Waals surface area contributed by atoms with Gasteiger partial charge in [0.1, 0.15) is 13.2 Å². The van der Waals surface area contributed by atoms with Gasteiger partial charge in [0.15, 0.2) is 12.3 Å². The van der Waals surface area contributed by atoms with Gasteiger partial charge in [-0.25, -0.2) is 4.58 Å². The van der Waals surface area contributed by atoms with Crippen LogP contribution in [0, 0.1) is 5.92 Å². The molecule has 1 atom stereocenters. The molecule has 0 amide bonds. The highest BCUT2D eigenvalue weighted by Gasteiger charge is 2.26. The molecule has 0 fully saturated rings. The summed E-state index contributed by atoms with van der Waals surface area (Å²) in [6, 6.07) is 8.74. The van der Waals surface area contributed by atoms with Crippen LogP contribution in [0.5, 0.6) is 0 Å². The Hall–Kier alpha value is -0.670. The van der Waals surface area contributed by atoms with Crippen molar-refractivity contribution in [3.05, 3.63) is 35.4 Å². The van der Waals surface area contributed by atoms with Gasteiger partial charge in [-0.05, 0) is 11.6 Å². The molecule has 1 aromatic rings. The van der Waals surface area contributed by atoms with Gasteiger partial charge in [0.05, 0.1) is 0 Å². The summed E-state index contributed by atoms with van der Waals surface area (Å²) in [6.45, 7) is 5.57. The molecular weight excluding hydrogens is 278 g/mol. The van der Waals surface area contributed by atoms with E-state index in [1.54, 1.807) is 0 Å². The van der Waals surface area contributed by atoms with E-state index in [0.717, 1.165) is 13.0 Å². The van der Waals surface area contributed by atoms with Crippen molar-refractivity contribution in [1.82, 2.24) is 0 Å². The molecule has 1 heterocycles. The number of halogens is 1. The van der Waals surface area contributed by atoms with Gasteiger partial charge in [-0.15, -0.1) is 0 Å². The maximum absolute atomic E-state index is 9.44. The zero-order valence-corrected chi connectivity index (χ0v) is 12.0. The van der Waals surface area contributed by atoms with Crippen molar-refractivity contribution in [2.45, 2.75) is 26.3 Å². The van der Waals surface area contributed by atoms with Crippen molar-refractivity contribution in [2.24, 2.45) is 5.92 Å². The maximum atomic E-state index is 9.44. The first-order valence-corrected chi connectivity index (χ1v) is 6.01. The Balaban J connectivity index is 0.00000144. The van der Waals surface area contributed by atoms with Gasteiger partial charge in [-0.3, -0.25) is 0 Å². The summed E-state index contributed by atoms with van der Waals surface area (Å²) in [7, 11) is 0. The van der Waals surface area contributed by atoms with E-state index in [1.807, 2.05) is 0 Å². The number of aliphatic hydroxyl groups is 1. The summed E-state index contributed by atoms with van der Waals surface area (Å²) in [6.07, 6.45) is 3.27. The lowest BCUT2D eigenvalue weighted by Gasteiger charge is -2.20. The molecular formula is C14H20BrNO. The molecule has 0 aromatic heterocycles. The number of hydrogen-bond donors (Lipinski definition) is 1. The van der Waals surface area contributed by atoms with Gasteiger partial charge < -0.3 is 22.1 Å². The largest absolute Gasteiger partial charge is 1.00 e. The Morgan fingerprint density at radius 2 is 2.00 bits per heavy atom. The minimum absolute atomic E-state index is 0. The summed E-state index contributed by atoms with van der Waals surface area (Å²) >= 11 is 0. The van der Waals surface area contributed by atoms with Crippen LogP contribution < -0.4 is 17.0 Å². The van der Waals surface area contributed by atoms with E-state index >= 15 is 0 Å². The average molecular weight is 298 g/mol. The number of fused-ring (bicyclic) bond motifs is 1. The monoisotopic (exact) mass is 297 g/mol. The van der Waals surface area contributed by atoms with E-state index in [1.165, 1.54) is 11.1 Å². The molecule has 1 N–H and O–H groups in total. The molecule has 1 aliphatic heterocycles. The summed E-state index contributed by atoms with van der Waals surface area (Å²) in [5.41, 5.74) is 2.71. The predicted molar refractivity (Wildman–Crippen MR) is 66.2 cm³/mol. The molecule has 0 saturated carbocycles. The molecule has 17 heavy (non-hydrogen) atoms. The van der Waals surface area contributed by atoms with Crippen LogP contribution in [0.3, 0.4) is 0 Å². The molecule has 0 saturated heterocycles. The molecule has 3 heteroatoms. The van der Waals surface area contributed by atoms with Gasteiger partial charge >= 0.3 is 0 Å². The van der Waals surface area contributed by atoms with Crippen molar-refractivity contribution >= 4 is 6.21 Å². The second-order valence-electron chi connectivity index (χ2n) is 4.81. The number of benzene rings is 1. The normalized spacial score (nSPS) is 15.9. The first kappa shape index (κ1) is 14.4. The van der Waals surface area contributed by atoms with Crippen molar-refractivity contribution in [1.29, 1.82) is 0 Å². The molecule has 1 aliphatic rings. The highest BCUT2D eigenvalue weighted by atomic mass is 79.9. The van der Waals surface area contributed by atoms with Gasteiger partial charge in [0.25, 0.3) is 0 Å². The molecule has 0 spiro atoms. The lowest BCUT2D eigenvalue weighted by atomic mass is 9.99. The summed E-state index contributed by atoms with van der Waals surface area (Å²) in [5, 5.41) is 9.44. The fraction of sp³-hybridized carbons (Fsp3) is 0.500. The van der Waals surface area contributed by atoms with Crippen LogP contribution in [0.25, 0.3) is 0 Å². The van der Waals surface area contributed by atoms with E-state index in [-0.39, 0.29) is 29.6 Å². The van der Waals surface area contributed by atoms with Gasteiger partial charge in [-0.2, -0.15) is 0 Å². The zero-order valence-electron chi connectivity index (χ0n) is 10.4. The highest BCUT2D eigenvalue weighted by Crippen LogP contribution is 2.15. The second kappa shape index (κ2) is 6.31. The van der Waals surface area contributed by atoms with Gasteiger partial charge in [-0.1, -0.05) is 32.0 Å². The molecule has 0 aliphatic carbocycles. The second-order valence-corrected chi connectivity index (χ2v) is 4.81. The van der Waals surface area contributed by atoms with E-state index in [4.69, 9.17) is 0 Å². The molecule has 0 radical (unpaired) electrons. The molecule has 94 valence electrons. The van der Waals surface area contributed by atoms with E-state index in [0.29, 0.717) is 5.92 Å². The average Bonchev–Trinajstić information content (AvgIpc) is 2.29. The molecule has 0 unspecified atom stereocenters. The minimum atomic E-state index is 0. The van der Waals surface area contributed by atoms with Crippen LogP contribution in [0.2, 0.25) is 0 Å². The van der Waals surface area contributed by atoms with E-state index in [2.05, 4.69) is 48.9 Å².